The summed E-state index contributed by atoms with van der Waals surface area (Å²) in [5, 5.41) is 12.5. The van der Waals surface area contributed by atoms with Gasteiger partial charge in [-0.25, -0.2) is 4.98 Å². The molecule has 0 fully saturated rings. The van der Waals surface area contributed by atoms with Crippen molar-refractivity contribution in [1.29, 1.82) is 0 Å². The van der Waals surface area contributed by atoms with Gasteiger partial charge < -0.3 is 19.6 Å². The number of oxazole rings is 1. The van der Waals surface area contributed by atoms with Crippen molar-refractivity contribution in [2.45, 2.75) is 25.2 Å². The zero-order chi connectivity index (χ0) is 17.8. The normalized spacial score (nSPS) is 14.6. The van der Waals surface area contributed by atoms with Crippen molar-refractivity contribution in [2.24, 2.45) is 0 Å². The minimum atomic E-state index is -4.42. The van der Waals surface area contributed by atoms with Gasteiger partial charge in [0.2, 0.25) is 5.89 Å². The first-order chi connectivity index (χ1) is 11.3. The van der Waals surface area contributed by atoms with Crippen LogP contribution in [0, 0.1) is 0 Å². The lowest BCUT2D eigenvalue weighted by Gasteiger charge is -2.27. The number of hydrogen-bond acceptors (Lipinski definition) is 5. The van der Waals surface area contributed by atoms with Crippen LogP contribution in [0.5, 0.6) is 0 Å². The maximum atomic E-state index is 12.8. The zero-order valence-electron chi connectivity index (χ0n) is 13.4. The first-order valence-corrected chi connectivity index (χ1v) is 7.24. The number of alkyl halides is 3. The van der Waals surface area contributed by atoms with E-state index in [0.717, 1.165) is 12.1 Å². The molecule has 0 aliphatic rings. The van der Waals surface area contributed by atoms with E-state index in [1.165, 1.54) is 25.5 Å². The quantitative estimate of drug-likeness (QED) is 0.808. The lowest BCUT2D eigenvalue weighted by molar-refractivity contribution is -0.137. The van der Waals surface area contributed by atoms with Crippen LogP contribution >= 0.6 is 0 Å². The third kappa shape index (κ3) is 4.56. The van der Waals surface area contributed by atoms with Crippen LogP contribution in [0.2, 0.25) is 0 Å². The molecule has 0 spiro atoms. The molecule has 1 aromatic heterocycles. The van der Waals surface area contributed by atoms with Gasteiger partial charge >= 0.3 is 6.18 Å². The molecular formula is C16H19F3N2O3. The van der Waals surface area contributed by atoms with Crippen LogP contribution in [0.3, 0.4) is 0 Å². The molecule has 1 atom stereocenters. The third-order valence-corrected chi connectivity index (χ3v) is 3.50. The van der Waals surface area contributed by atoms with Gasteiger partial charge in [0.05, 0.1) is 30.0 Å². The van der Waals surface area contributed by atoms with Gasteiger partial charge in [-0.2, -0.15) is 13.2 Å². The summed E-state index contributed by atoms with van der Waals surface area (Å²) in [6.45, 7) is 2.22. The average molecular weight is 344 g/mol. The van der Waals surface area contributed by atoms with Crippen molar-refractivity contribution >= 4 is 0 Å². The van der Waals surface area contributed by atoms with Crippen molar-refractivity contribution in [3.05, 3.63) is 41.8 Å². The molecule has 0 aliphatic heterocycles. The Bertz CT molecular complexity index is 673. The topological polar surface area (TPSA) is 67.5 Å². The highest BCUT2D eigenvalue weighted by Gasteiger charge is 2.30. The van der Waals surface area contributed by atoms with Crippen molar-refractivity contribution in [1.82, 2.24) is 10.3 Å². The Morgan fingerprint density at radius 1 is 1.33 bits per heavy atom. The van der Waals surface area contributed by atoms with Gasteiger partial charge in [0.15, 0.2) is 0 Å². The van der Waals surface area contributed by atoms with E-state index >= 15 is 0 Å². The standard InChI is InChI=1S/C16H19F3N2O3/c1-15(9-22,10-23-2)20-7-13-8-24-14(21-13)11-4-3-5-12(6-11)16(17,18)19/h3-6,8,20,22H,7,9-10H2,1-2H3. The number of methoxy groups -OCH3 is 1. The van der Waals surface area contributed by atoms with Crippen LogP contribution in [0.4, 0.5) is 13.2 Å². The molecule has 0 bridgehead atoms. The highest BCUT2D eigenvalue weighted by Crippen LogP contribution is 2.31. The molecule has 2 aromatic rings. The number of nitrogens with one attached hydrogen (secondary N) is 1. The third-order valence-electron chi connectivity index (χ3n) is 3.50. The molecule has 1 aromatic carbocycles. The summed E-state index contributed by atoms with van der Waals surface area (Å²) in [6, 6.07) is 4.79. The van der Waals surface area contributed by atoms with Gasteiger partial charge in [0, 0.05) is 19.2 Å². The summed E-state index contributed by atoms with van der Waals surface area (Å²) in [7, 11) is 1.53. The lowest BCUT2D eigenvalue weighted by Crippen LogP contribution is -2.49. The minimum absolute atomic E-state index is 0.107. The van der Waals surface area contributed by atoms with Gasteiger partial charge in [-0.3, -0.25) is 0 Å². The largest absolute Gasteiger partial charge is 0.444 e. The first-order valence-electron chi connectivity index (χ1n) is 7.24. The Hall–Kier alpha value is -1.90. The average Bonchev–Trinajstić information content (AvgIpc) is 3.02. The fraction of sp³-hybridized carbons (Fsp3) is 0.438. The van der Waals surface area contributed by atoms with Crippen molar-refractivity contribution in [3.63, 3.8) is 0 Å². The minimum Gasteiger partial charge on any atom is -0.444 e. The second-order valence-corrected chi connectivity index (χ2v) is 5.73. The summed E-state index contributed by atoms with van der Waals surface area (Å²) in [5.41, 5.74) is -0.647. The number of aliphatic hydroxyl groups is 1. The highest BCUT2D eigenvalue weighted by atomic mass is 19.4. The Labute approximate surface area is 137 Å². The monoisotopic (exact) mass is 344 g/mol. The van der Waals surface area contributed by atoms with Crippen molar-refractivity contribution < 1.29 is 27.4 Å². The molecule has 0 amide bonds. The van der Waals surface area contributed by atoms with E-state index in [0.29, 0.717) is 12.3 Å². The van der Waals surface area contributed by atoms with Gasteiger partial charge in [-0.15, -0.1) is 0 Å². The predicted molar refractivity (Wildman–Crippen MR) is 81.1 cm³/mol. The summed E-state index contributed by atoms with van der Waals surface area (Å²) < 4.78 is 48.6. The molecule has 0 saturated heterocycles. The van der Waals surface area contributed by atoms with Crippen LogP contribution in [0.25, 0.3) is 11.5 Å². The fourth-order valence-corrected chi connectivity index (χ4v) is 2.12. The molecule has 0 aliphatic carbocycles. The Morgan fingerprint density at radius 3 is 2.71 bits per heavy atom. The summed E-state index contributed by atoms with van der Waals surface area (Å²) in [5.74, 6) is 0.107. The lowest BCUT2D eigenvalue weighted by atomic mass is 10.1. The van der Waals surface area contributed by atoms with Gasteiger partial charge in [0.1, 0.15) is 6.26 Å². The van der Waals surface area contributed by atoms with Crippen LogP contribution in [-0.4, -0.2) is 36.0 Å². The summed E-state index contributed by atoms with van der Waals surface area (Å²) >= 11 is 0. The van der Waals surface area contributed by atoms with E-state index in [4.69, 9.17) is 9.15 Å². The molecule has 1 heterocycles. The maximum Gasteiger partial charge on any atom is 0.416 e. The number of halogens is 3. The second-order valence-electron chi connectivity index (χ2n) is 5.73. The SMILES string of the molecule is COCC(C)(CO)NCc1coc(-c2cccc(C(F)(F)F)c2)n1. The maximum absolute atomic E-state index is 12.8. The van der Waals surface area contributed by atoms with E-state index in [-0.39, 0.29) is 24.6 Å². The van der Waals surface area contributed by atoms with Crippen LogP contribution in [-0.2, 0) is 17.5 Å². The molecule has 2 rings (SSSR count). The van der Waals surface area contributed by atoms with E-state index in [1.54, 1.807) is 6.92 Å². The summed E-state index contributed by atoms with van der Waals surface area (Å²) in [6.07, 6.45) is -3.05. The Morgan fingerprint density at radius 2 is 2.08 bits per heavy atom. The molecule has 2 N–H and O–H groups in total. The number of nitrogens with zero attached hydrogens (tertiary/aromatic N) is 1. The second kappa shape index (κ2) is 7.33. The van der Waals surface area contributed by atoms with E-state index < -0.39 is 17.3 Å². The number of aromatic nitrogens is 1. The Kier molecular flexibility index (Phi) is 5.63. The highest BCUT2D eigenvalue weighted by molar-refractivity contribution is 5.54. The van der Waals surface area contributed by atoms with E-state index in [2.05, 4.69) is 10.3 Å². The molecule has 132 valence electrons. The van der Waals surface area contributed by atoms with Crippen molar-refractivity contribution in [3.8, 4) is 11.5 Å². The summed E-state index contributed by atoms with van der Waals surface area (Å²) in [4.78, 5) is 4.18. The molecule has 0 radical (unpaired) electrons. The fourth-order valence-electron chi connectivity index (χ4n) is 2.12. The Balaban J connectivity index is 2.11. The molecule has 1 unspecified atom stereocenters. The van der Waals surface area contributed by atoms with Gasteiger partial charge in [0.25, 0.3) is 0 Å². The van der Waals surface area contributed by atoms with Gasteiger partial charge in [-0.05, 0) is 25.1 Å². The van der Waals surface area contributed by atoms with Crippen molar-refractivity contribution in [2.75, 3.05) is 20.3 Å². The van der Waals surface area contributed by atoms with Crippen LogP contribution in [0.1, 0.15) is 18.2 Å². The molecule has 8 heteroatoms. The van der Waals surface area contributed by atoms with E-state index in [1.807, 2.05) is 0 Å². The number of benzene rings is 1. The number of ether oxygens (including phenoxy) is 1. The first kappa shape index (κ1) is 18.4. The molecule has 24 heavy (non-hydrogen) atoms. The zero-order valence-corrected chi connectivity index (χ0v) is 13.4. The van der Waals surface area contributed by atoms with Crippen LogP contribution < -0.4 is 5.32 Å². The number of aliphatic hydroxyl groups excluding tert-OH is 1. The molecule has 0 saturated carbocycles. The molecule has 5 nitrogen and oxygen atoms in total. The van der Waals surface area contributed by atoms with Gasteiger partial charge in [-0.1, -0.05) is 6.07 Å². The predicted octanol–water partition coefficient (Wildman–Crippen LogP) is 2.85. The smallest absolute Gasteiger partial charge is 0.416 e. The number of hydrogen-bond donors (Lipinski definition) is 2. The van der Waals surface area contributed by atoms with Crippen LogP contribution in [0.15, 0.2) is 34.9 Å². The molecular weight excluding hydrogens is 325 g/mol. The number of rotatable bonds is 7. The van der Waals surface area contributed by atoms with E-state index in [9.17, 15) is 18.3 Å².